The van der Waals surface area contributed by atoms with Crippen LogP contribution in [0, 0.1) is 33.6 Å². The summed E-state index contributed by atoms with van der Waals surface area (Å²) in [6.45, 7) is 20.8. The van der Waals surface area contributed by atoms with E-state index in [0.717, 1.165) is 176 Å². The van der Waals surface area contributed by atoms with E-state index in [1.165, 1.54) is 82.2 Å². The lowest BCUT2D eigenvalue weighted by molar-refractivity contribution is -0.659. The number of furan rings is 4. The molecule has 0 unspecified atom stereocenters. The topological polar surface area (TPSA) is 93.9 Å². The van der Waals surface area contributed by atoms with Crippen molar-refractivity contribution in [3.05, 3.63) is 349 Å². The van der Waals surface area contributed by atoms with Gasteiger partial charge in [-0.2, -0.15) is 4.57 Å². The van der Waals surface area contributed by atoms with Crippen LogP contribution in [0.5, 0.6) is 0 Å². The van der Waals surface area contributed by atoms with Gasteiger partial charge in [0, 0.05) is 139 Å². The van der Waals surface area contributed by atoms with Crippen molar-refractivity contribution in [1.29, 1.82) is 0 Å². The Bertz CT molecular complexity index is 8790. The number of rotatable bonds is 8. The Morgan fingerprint density at radius 3 is 1.12 bits per heavy atom. The number of benzene rings is 14. The van der Waals surface area contributed by atoms with Gasteiger partial charge in [0.1, 0.15) is 72.7 Å². The van der Waals surface area contributed by atoms with E-state index >= 15 is 0 Å². The first-order valence-electron chi connectivity index (χ1n) is 45.1. The van der Waals surface area contributed by atoms with Crippen molar-refractivity contribution in [2.24, 2.45) is 34.1 Å². The smallest absolute Gasteiger partial charge is 0.220 e. The fraction of sp³-hybridized carbons (Fsp3) is 0.155. The van der Waals surface area contributed by atoms with Crippen molar-refractivity contribution >= 4 is 174 Å². The van der Waals surface area contributed by atoms with Crippen LogP contribution in [0.15, 0.2) is 328 Å². The van der Waals surface area contributed by atoms with Crippen molar-refractivity contribution in [3.63, 3.8) is 0 Å². The number of pyridine rings is 6. The van der Waals surface area contributed by atoms with E-state index in [4.69, 9.17) is 31.7 Å². The number of nitrogens with zero attached hydrogens (tertiary/aromatic N) is 6. The first-order chi connectivity index (χ1) is 62.3. The second-order valence-electron chi connectivity index (χ2n) is 34.8. The molecule has 612 valence electrons. The van der Waals surface area contributed by atoms with Gasteiger partial charge in [0.2, 0.25) is 28.3 Å². The Balaban J connectivity index is 0.000000104. The molecular weight excluding hydrogens is 1540 g/mol. The predicted octanol–water partition coefficient (Wildman–Crippen LogP) is 29.0. The Morgan fingerprint density at radius 1 is 0.302 bits per heavy atom. The van der Waals surface area contributed by atoms with Crippen LogP contribution in [-0.4, -0.2) is 9.97 Å². The van der Waals surface area contributed by atoms with Crippen LogP contribution in [0.2, 0.25) is 0 Å². The number of hydrogen-bond acceptors (Lipinski definition) is 6. The molecule has 14 aromatic carbocycles. The van der Waals surface area contributed by atoms with Crippen molar-refractivity contribution in [3.8, 4) is 45.0 Å². The molecule has 10 heterocycles. The normalized spacial score (nSPS) is 12.5. The van der Waals surface area contributed by atoms with Crippen molar-refractivity contribution in [2.75, 3.05) is 0 Å². The molecule has 0 aliphatic rings. The monoisotopic (exact) mass is 1640 g/mol. The van der Waals surface area contributed by atoms with Gasteiger partial charge in [0.05, 0.1) is 38.4 Å². The lowest BCUT2D eigenvalue weighted by Crippen LogP contribution is -2.32. The average molecular weight is 1640 g/mol. The van der Waals surface area contributed by atoms with Crippen molar-refractivity contribution in [1.82, 2.24) is 9.97 Å². The molecule has 10 aromatic heterocycles. The molecule has 0 amide bonds. The molecule has 0 fully saturated rings. The highest BCUT2D eigenvalue weighted by molar-refractivity contribution is 6.20. The summed E-state index contributed by atoms with van der Waals surface area (Å²) in [5.74, 6) is -0.230. The summed E-state index contributed by atoms with van der Waals surface area (Å²) in [5, 5.41) is 24.0. The van der Waals surface area contributed by atoms with E-state index in [9.17, 15) is 0 Å². The van der Waals surface area contributed by atoms with Gasteiger partial charge >= 0.3 is 0 Å². The molecule has 0 spiro atoms. The largest absolute Gasteiger partial charge is 0.455 e. The number of para-hydroxylation sites is 1. The second-order valence-corrected chi connectivity index (χ2v) is 34.8. The van der Waals surface area contributed by atoms with Crippen LogP contribution in [0.4, 0.5) is 0 Å². The third-order valence-corrected chi connectivity index (χ3v) is 26.1. The molecule has 24 rings (SSSR count). The van der Waals surface area contributed by atoms with Gasteiger partial charge < -0.3 is 17.7 Å². The number of hydrogen-bond donors (Lipinski definition) is 0. The molecule has 10 heteroatoms. The maximum Gasteiger partial charge on any atom is 0.220 e. The summed E-state index contributed by atoms with van der Waals surface area (Å²) in [5.41, 5.74) is 27.2. The minimum atomic E-state index is -1.38. The summed E-state index contributed by atoms with van der Waals surface area (Å²) in [6, 6.07) is 97.9. The van der Waals surface area contributed by atoms with Gasteiger partial charge in [-0.05, 0) is 186 Å². The zero-order valence-electron chi connectivity index (χ0n) is 76.4. The Morgan fingerprint density at radius 2 is 0.651 bits per heavy atom. The average Bonchev–Trinajstić information content (AvgIpc) is 1.63. The van der Waals surface area contributed by atoms with E-state index < -0.39 is 12.3 Å². The van der Waals surface area contributed by atoms with E-state index in [2.05, 4.69) is 355 Å². The lowest BCUT2D eigenvalue weighted by atomic mass is 9.95. The maximum absolute atomic E-state index is 8.54. The van der Waals surface area contributed by atoms with Crippen molar-refractivity contribution in [2.45, 2.75) is 87.4 Å². The molecule has 0 aliphatic heterocycles. The first-order valence-corrected chi connectivity index (χ1v) is 43.6. The van der Waals surface area contributed by atoms with E-state index in [1.807, 2.05) is 70.4 Å². The van der Waals surface area contributed by atoms with E-state index in [0.29, 0.717) is 5.92 Å². The van der Waals surface area contributed by atoms with Gasteiger partial charge in [-0.1, -0.05) is 199 Å². The Kier molecular flexibility index (Phi) is 18.6. The summed E-state index contributed by atoms with van der Waals surface area (Å²) in [7, 11) is 8.39. The second kappa shape index (κ2) is 31.2. The zero-order valence-corrected chi connectivity index (χ0v) is 73.4. The molecule has 0 bridgehead atoms. The molecule has 0 aliphatic carbocycles. The third kappa shape index (κ3) is 13.2. The van der Waals surface area contributed by atoms with Crippen LogP contribution in [0.25, 0.3) is 219 Å². The molecule has 0 saturated carbocycles. The minimum absolute atomic E-state index is 0.104. The van der Waals surface area contributed by atoms with Crippen LogP contribution in [0.3, 0.4) is 0 Å². The quantitative estimate of drug-likeness (QED) is 0.141. The summed E-state index contributed by atoms with van der Waals surface area (Å²) < 4.78 is 60.3. The zero-order chi connectivity index (χ0) is 88.9. The minimum Gasteiger partial charge on any atom is -0.455 e. The highest BCUT2D eigenvalue weighted by atomic mass is 16.3. The first kappa shape index (κ1) is 75.0. The van der Waals surface area contributed by atoms with E-state index in [1.54, 1.807) is 0 Å². The van der Waals surface area contributed by atoms with Crippen LogP contribution < -0.4 is 18.3 Å². The van der Waals surface area contributed by atoms with Gasteiger partial charge in [-0.25, -0.2) is 13.7 Å². The predicted molar refractivity (Wildman–Crippen MR) is 523 cm³/mol. The summed E-state index contributed by atoms with van der Waals surface area (Å²) in [6.07, 6.45) is 8.79. The molecule has 0 radical (unpaired) electrons. The summed E-state index contributed by atoms with van der Waals surface area (Å²) in [4.78, 5) is 9.46. The molecular formula is C116H98N6O4+4. The van der Waals surface area contributed by atoms with Crippen LogP contribution in [0.1, 0.15) is 96.4 Å². The highest BCUT2D eigenvalue weighted by Crippen LogP contribution is 2.45. The highest BCUT2D eigenvalue weighted by Gasteiger charge is 2.28. The van der Waals surface area contributed by atoms with Gasteiger partial charge in [0.25, 0.3) is 0 Å². The van der Waals surface area contributed by atoms with Gasteiger partial charge in [-0.3, -0.25) is 9.97 Å². The molecule has 0 atom stereocenters. The van der Waals surface area contributed by atoms with Crippen LogP contribution >= 0.6 is 0 Å². The Hall–Kier alpha value is -14.7. The summed E-state index contributed by atoms with van der Waals surface area (Å²) >= 11 is 0. The molecule has 0 saturated heterocycles. The van der Waals surface area contributed by atoms with Crippen LogP contribution in [-0.2, 0) is 34.6 Å². The molecule has 24 aromatic rings. The fourth-order valence-corrected chi connectivity index (χ4v) is 19.4. The SMILES string of the molecule is Cc1c(-c2c3ccc(C(C)C)cc3cc[n+]2C)ccc2c1oc1c3ccccc3cnc21.Cc1c(-c2ccc3ccccc3[n+]2C)ccc2c1oc1c3ccccc3ccc21.[2H]C(C)(C)c1ccc2c(-c3ccc4c(oc5c6ccccc6cnc45)c3C)[n+](C)ccc2c1.[2H]C([2H])(c1ccc2c(-c3ccc4c(oc5c6ccccc6ccc45)c3C)[n+](C)ccc2c1)C(C)C. The lowest BCUT2D eigenvalue weighted by Gasteiger charge is -2.11. The molecule has 0 N–H and O–H groups in total. The van der Waals surface area contributed by atoms with Gasteiger partial charge in [0.15, 0.2) is 29.8 Å². The van der Waals surface area contributed by atoms with Gasteiger partial charge in [-0.15, -0.1) is 0 Å². The molecule has 10 nitrogen and oxygen atoms in total. The standard InChI is InChI=1S/C31H28NO.2C29H25N2O.C27H20NO/c1-19(2)17-21-9-11-25-23(18-21)15-16-32(4)29(25)24-13-14-27-28-12-10-22-7-5-6-8-26(22)31(28)33-30(27)20(24)3;2*1-17(2)19-9-10-23-20(15-19)13-14-31(4)27(23)22-11-12-25-26-29(32-28(25)18(22)3)24-8-6-5-7-21(24)16-30-26;1-17-20(25-16-12-19-8-4-6-10-24(19)28(25)2)14-15-22-23-13-11-18-7-3-5-9-21(18)27(23)29-26(17)22/h5-16,18-19H,17H2,1-4H3;2*5-17H,1-4H3;3-16H,1-2H3/q4*+1/i17D2;17D;;. The third-order valence-electron chi connectivity index (χ3n) is 26.1. The number of fused-ring (bicyclic) bond motifs is 24. The number of aryl methyl sites for hydroxylation is 8. The van der Waals surface area contributed by atoms with Crippen molar-refractivity contribution < 1.29 is 40.0 Å². The van der Waals surface area contributed by atoms with E-state index in [-0.39, 0.29) is 5.92 Å². The Labute approximate surface area is 735 Å². The number of aromatic nitrogens is 6. The molecule has 126 heavy (non-hydrogen) atoms. The fourth-order valence-electron chi connectivity index (χ4n) is 19.4. The maximum atomic E-state index is 8.54.